The summed E-state index contributed by atoms with van der Waals surface area (Å²) in [5, 5.41) is 6.55. The lowest BCUT2D eigenvalue weighted by molar-refractivity contribution is -0.122. The Bertz CT molecular complexity index is 238. The Morgan fingerprint density at radius 1 is 1.19 bits per heavy atom. The molecule has 2 rings (SSSR count). The van der Waals surface area contributed by atoms with E-state index in [0.717, 1.165) is 31.8 Å². The van der Waals surface area contributed by atoms with E-state index in [-0.39, 0.29) is 5.91 Å². The van der Waals surface area contributed by atoms with Gasteiger partial charge in [0.1, 0.15) is 0 Å². The summed E-state index contributed by atoms with van der Waals surface area (Å²) in [6.45, 7) is 4.05. The van der Waals surface area contributed by atoms with Gasteiger partial charge in [-0.05, 0) is 31.6 Å². The van der Waals surface area contributed by atoms with E-state index in [9.17, 15) is 4.79 Å². The largest absolute Gasteiger partial charge is 0.355 e. The van der Waals surface area contributed by atoms with Crippen LogP contribution in [0.4, 0.5) is 0 Å². The lowest BCUT2D eigenvalue weighted by Gasteiger charge is -2.27. The van der Waals surface area contributed by atoms with Gasteiger partial charge in [0, 0.05) is 25.0 Å². The minimum atomic E-state index is 0.263. The van der Waals surface area contributed by atoms with E-state index >= 15 is 0 Å². The molecule has 0 heterocycles. The first-order valence-electron chi connectivity index (χ1n) is 6.77. The van der Waals surface area contributed by atoms with Crippen LogP contribution in [-0.4, -0.2) is 25.0 Å². The van der Waals surface area contributed by atoms with E-state index in [1.54, 1.807) is 0 Å². The number of hydrogen-bond donors (Lipinski definition) is 2. The van der Waals surface area contributed by atoms with Crippen molar-refractivity contribution in [2.75, 3.05) is 13.1 Å². The van der Waals surface area contributed by atoms with Gasteiger partial charge in [-0.15, -0.1) is 0 Å². The van der Waals surface area contributed by atoms with Crippen molar-refractivity contribution in [1.29, 1.82) is 0 Å². The molecule has 0 aromatic rings. The third-order valence-corrected chi connectivity index (χ3v) is 3.74. The Kier molecular flexibility index (Phi) is 4.22. The molecule has 0 aromatic carbocycles. The number of nitrogens with one attached hydrogen (secondary N) is 2. The molecular formula is C13H24N2O. The van der Waals surface area contributed by atoms with Crippen LogP contribution in [0.15, 0.2) is 0 Å². The van der Waals surface area contributed by atoms with Crippen molar-refractivity contribution in [3.05, 3.63) is 0 Å². The summed E-state index contributed by atoms with van der Waals surface area (Å²) in [6.07, 6.45) is 7.54. The van der Waals surface area contributed by atoms with E-state index < -0.39 is 0 Å². The summed E-state index contributed by atoms with van der Waals surface area (Å²) in [6, 6.07) is 0.682. The Balaban J connectivity index is 1.51. The second-order valence-electron chi connectivity index (χ2n) is 5.49. The molecule has 16 heavy (non-hydrogen) atoms. The average Bonchev–Trinajstić information content (AvgIpc) is 3.08. The maximum Gasteiger partial charge on any atom is 0.223 e. The molecule has 3 nitrogen and oxygen atoms in total. The fourth-order valence-corrected chi connectivity index (χ4v) is 2.57. The Labute approximate surface area is 98.4 Å². The summed E-state index contributed by atoms with van der Waals surface area (Å²) in [5.41, 5.74) is 0. The molecule has 3 heteroatoms. The van der Waals surface area contributed by atoms with Gasteiger partial charge in [0.25, 0.3) is 0 Å². The molecule has 92 valence electrons. The third-order valence-electron chi connectivity index (χ3n) is 3.74. The monoisotopic (exact) mass is 224 g/mol. The van der Waals surface area contributed by atoms with Crippen LogP contribution < -0.4 is 10.6 Å². The second kappa shape index (κ2) is 5.67. The van der Waals surface area contributed by atoms with Crippen LogP contribution >= 0.6 is 0 Å². The molecule has 0 spiro atoms. The highest BCUT2D eigenvalue weighted by molar-refractivity contribution is 5.80. The van der Waals surface area contributed by atoms with Crippen molar-refractivity contribution in [2.45, 2.75) is 51.5 Å². The van der Waals surface area contributed by atoms with Gasteiger partial charge in [-0.25, -0.2) is 0 Å². The fourth-order valence-electron chi connectivity index (χ4n) is 2.57. The zero-order valence-electron chi connectivity index (χ0n) is 10.3. The van der Waals surface area contributed by atoms with Gasteiger partial charge in [0.2, 0.25) is 5.91 Å². The molecule has 0 radical (unpaired) electrons. The summed E-state index contributed by atoms with van der Waals surface area (Å²) in [5.74, 6) is 1.47. The molecule has 0 bridgehead atoms. The van der Waals surface area contributed by atoms with Crippen molar-refractivity contribution in [2.24, 2.45) is 11.8 Å². The molecule has 2 aliphatic rings. The van der Waals surface area contributed by atoms with Gasteiger partial charge in [-0.1, -0.05) is 19.8 Å². The summed E-state index contributed by atoms with van der Waals surface area (Å²) < 4.78 is 0. The van der Waals surface area contributed by atoms with E-state index in [0.29, 0.717) is 12.0 Å². The SMILES string of the molecule is CC1CCCC(NCCNC(=O)C2CC2)C1. The van der Waals surface area contributed by atoms with Crippen LogP contribution in [0, 0.1) is 11.8 Å². The molecule has 2 fully saturated rings. The highest BCUT2D eigenvalue weighted by Gasteiger charge is 2.29. The smallest absolute Gasteiger partial charge is 0.223 e. The predicted molar refractivity (Wildman–Crippen MR) is 65.2 cm³/mol. The van der Waals surface area contributed by atoms with E-state index in [1.807, 2.05) is 0 Å². The maximum absolute atomic E-state index is 11.4. The molecule has 0 aromatic heterocycles. The summed E-state index contributed by atoms with van der Waals surface area (Å²) >= 11 is 0. The molecule has 2 atom stereocenters. The summed E-state index contributed by atoms with van der Waals surface area (Å²) in [7, 11) is 0. The molecule has 2 saturated carbocycles. The summed E-state index contributed by atoms with van der Waals surface area (Å²) in [4.78, 5) is 11.4. The lowest BCUT2D eigenvalue weighted by atomic mass is 9.87. The molecular weight excluding hydrogens is 200 g/mol. The molecule has 0 aliphatic heterocycles. The average molecular weight is 224 g/mol. The molecule has 2 unspecified atom stereocenters. The van der Waals surface area contributed by atoms with Crippen LogP contribution in [0.3, 0.4) is 0 Å². The Morgan fingerprint density at radius 2 is 2.00 bits per heavy atom. The van der Waals surface area contributed by atoms with Crippen LogP contribution in [0.2, 0.25) is 0 Å². The van der Waals surface area contributed by atoms with Crippen LogP contribution in [0.25, 0.3) is 0 Å². The van der Waals surface area contributed by atoms with Crippen LogP contribution in [0.1, 0.15) is 45.4 Å². The minimum absolute atomic E-state index is 0.263. The lowest BCUT2D eigenvalue weighted by Crippen LogP contribution is -2.39. The normalized spacial score (nSPS) is 30.1. The van der Waals surface area contributed by atoms with Gasteiger partial charge in [0.05, 0.1) is 0 Å². The zero-order valence-corrected chi connectivity index (χ0v) is 10.3. The molecule has 0 saturated heterocycles. The minimum Gasteiger partial charge on any atom is -0.355 e. The standard InChI is InChI=1S/C13H24N2O/c1-10-3-2-4-12(9-10)14-7-8-15-13(16)11-5-6-11/h10-12,14H,2-9H2,1H3,(H,15,16). The van der Waals surface area contributed by atoms with Gasteiger partial charge in [-0.2, -0.15) is 0 Å². The van der Waals surface area contributed by atoms with Gasteiger partial charge < -0.3 is 10.6 Å². The van der Waals surface area contributed by atoms with E-state index in [4.69, 9.17) is 0 Å². The topological polar surface area (TPSA) is 41.1 Å². The zero-order chi connectivity index (χ0) is 11.4. The maximum atomic E-state index is 11.4. The first-order chi connectivity index (χ1) is 7.75. The van der Waals surface area contributed by atoms with Crippen LogP contribution in [-0.2, 0) is 4.79 Å². The molecule has 2 aliphatic carbocycles. The van der Waals surface area contributed by atoms with Gasteiger partial charge >= 0.3 is 0 Å². The second-order valence-corrected chi connectivity index (χ2v) is 5.49. The van der Waals surface area contributed by atoms with Crippen molar-refractivity contribution in [3.63, 3.8) is 0 Å². The van der Waals surface area contributed by atoms with Crippen molar-refractivity contribution >= 4 is 5.91 Å². The molecule has 1 amide bonds. The van der Waals surface area contributed by atoms with E-state index in [2.05, 4.69) is 17.6 Å². The fraction of sp³-hybridized carbons (Fsp3) is 0.923. The first-order valence-corrected chi connectivity index (χ1v) is 6.77. The Hall–Kier alpha value is -0.570. The first kappa shape index (κ1) is 11.9. The molecule has 2 N–H and O–H groups in total. The van der Waals surface area contributed by atoms with E-state index in [1.165, 1.54) is 25.7 Å². The number of hydrogen-bond acceptors (Lipinski definition) is 2. The highest BCUT2D eigenvalue weighted by Crippen LogP contribution is 2.28. The van der Waals surface area contributed by atoms with Crippen molar-refractivity contribution in [3.8, 4) is 0 Å². The van der Waals surface area contributed by atoms with Crippen LogP contribution in [0.5, 0.6) is 0 Å². The van der Waals surface area contributed by atoms with Crippen molar-refractivity contribution < 1.29 is 4.79 Å². The van der Waals surface area contributed by atoms with Gasteiger partial charge in [0.15, 0.2) is 0 Å². The Morgan fingerprint density at radius 3 is 2.69 bits per heavy atom. The number of amides is 1. The highest BCUT2D eigenvalue weighted by atomic mass is 16.2. The quantitative estimate of drug-likeness (QED) is 0.698. The van der Waals surface area contributed by atoms with Crippen molar-refractivity contribution in [1.82, 2.24) is 10.6 Å². The van der Waals surface area contributed by atoms with Gasteiger partial charge in [-0.3, -0.25) is 4.79 Å². The number of carbonyl (C=O) groups is 1. The number of rotatable bonds is 5. The predicted octanol–water partition coefficient (Wildman–Crippen LogP) is 1.68. The third kappa shape index (κ3) is 3.78. The number of carbonyl (C=O) groups excluding carboxylic acids is 1.